The van der Waals surface area contributed by atoms with Crippen molar-refractivity contribution in [1.29, 1.82) is 0 Å². The fourth-order valence-corrected chi connectivity index (χ4v) is 2.84. The van der Waals surface area contributed by atoms with Crippen LogP contribution in [0.15, 0.2) is 48.1 Å². The second kappa shape index (κ2) is 13.5. The first-order valence-corrected chi connectivity index (χ1v) is 9.54. The summed E-state index contributed by atoms with van der Waals surface area (Å²) < 4.78 is 0. The van der Waals surface area contributed by atoms with Crippen molar-refractivity contribution in [2.75, 3.05) is 0 Å². The van der Waals surface area contributed by atoms with Gasteiger partial charge in [0.05, 0.1) is 0 Å². The zero-order chi connectivity index (χ0) is 20.9. The molecule has 26 heavy (non-hydrogen) atoms. The van der Waals surface area contributed by atoms with Gasteiger partial charge in [0.15, 0.2) is 0 Å². The predicted molar refractivity (Wildman–Crippen MR) is 115 cm³/mol. The van der Waals surface area contributed by atoms with Gasteiger partial charge in [-0.3, -0.25) is 4.79 Å². The van der Waals surface area contributed by atoms with Crippen LogP contribution in [0.3, 0.4) is 0 Å². The second-order valence-electron chi connectivity index (χ2n) is 7.88. The molecule has 0 amide bonds. The van der Waals surface area contributed by atoms with E-state index in [0.717, 1.165) is 24.7 Å². The van der Waals surface area contributed by atoms with Gasteiger partial charge in [-0.1, -0.05) is 77.2 Å². The maximum atomic E-state index is 11.2. The highest BCUT2D eigenvalue weighted by Gasteiger charge is 2.39. The standard InChI is InChI=1S/C12H20O.C6H10O.C6H10/c1-9(2)12(8-13)6-5-10(3)7-11(12)4;1-5(2)6(3)4-7;1-4-5-6(2)3/h7-9,11H,5-6H2,1-4H3;4-5H,3H2,1-2H3;4-5H,2H2,1,3H3/b;;5-4+. The molecular weight excluding hydrogens is 320 g/mol. The molecule has 1 aliphatic carbocycles. The average molecular weight is 361 g/mol. The summed E-state index contributed by atoms with van der Waals surface area (Å²) in [6.07, 6.45) is 10.3. The van der Waals surface area contributed by atoms with E-state index < -0.39 is 0 Å². The third-order valence-corrected chi connectivity index (χ3v) is 4.97. The molecule has 0 aromatic carbocycles. The largest absolute Gasteiger partial charge is 0.303 e. The Morgan fingerprint density at radius 1 is 1.23 bits per heavy atom. The molecule has 1 aliphatic rings. The Balaban J connectivity index is 0. The van der Waals surface area contributed by atoms with Gasteiger partial charge in [-0.15, -0.1) is 0 Å². The van der Waals surface area contributed by atoms with E-state index in [-0.39, 0.29) is 5.41 Å². The van der Waals surface area contributed by atoms with Crippen LogP contribution >= 0.6 is 0 Å². The van der Waals surface area contributed by atoms with Gasteiger partial charge in [-0.05, 0) is 56.9 Å². The van der Waals surface area contributed by atoms with Crippen molar-refractivity contribution in [3.05, 3.63) is 48.1 Å². The Kier molecular flexibility index (Phi) is 13.8. The molecule has 2 unspecified atom stereocenters. The van der Waals surface area contributed by atoms with Crippen LogP contribution < -0.4 is 0 Å². The molecule has 0 bridgehead atoms. The summed E-state index contributed by atoms with van der Waals surface area (Å²) >= 11 is 0. The number of rotatable bonds is 5. The third kappa shape index (κ3) is 9.70. The van der Waals surface area contributed by atoms with Crippen molar-refractivity contribution < 1.29 is 9.59 Å². The van der Waals surface area contributed by atoms with E-state index >= 15 is 0 Å². The number of carbonyl (C=O) groups excluding carboxylic acids is 2. The lowest BCUT2D eigenvalue weighted by Crippen LogP contribution is -2.37. The number of carbonyl (C=O) groups is 2. The molecule has 0 aromatic heterocycles. The molecular formula is C24H40O2. The minimum absolute atomic E-state index is 0.0977. The molecule has 0 fully saturated rings. The maximum Gasteiger partial charge on any atom is 0.145 e. The number of hydrogen-bond donors (Lipinski definition) is 0. The molecule has 0 N–H and O–H groups in total. The van der Waals surface area contributed by atoms with Gasteiger partial charge in [0.2, 0.25) is 0 Å². The highest BCUT2D eigenvalue weighted by Crippen LogP contribution is 2.43. The topological polar surface area (TPSA) is 34.1 Å². The minimum Gasteiger partial charge on any atom is -0.303 e. The zero-order valence-electron chi connectivity index (χ0n) is 18.3. The highest BCUT2D eigenvalue weighted by molar-refractivity contribution is 5.72. The lowest BCUT2D eigenvalue weighted by atomic mass is 9.63. The molecule has 2 atom stereocenters. The molecule has 0 radical (unpaired) electrons. The summed E-state index contributed by atoms with van der Waals surface area (Å²) in [5.74, 6) is 1.15. The van der Waals surface area contributed by atoms with E-state index in [2.05, 4.69) is 46.9 Å². The Morgan fingerprint density at radius 2 is 1.77 bits per heavy atom. The molecule has 0 aromatic rings. The van der Waals surface area contributed by atoms with Crippen LogP contribution in [0.25, 0.3) is 0 Å². The summed E-state index contributed by atoms with van der Waals surface area (Å²) in [7, 11) is 0. The Morgan fingerprint density at radius 3 is 1.96 bits per heavy atom. The lowest BCUT2D eigenvalue weighted by Gasteiger charge is -2.40. The monoisotopic (exact) mass is 360 g/mol. The van der Waals surface area contributed by atoms with Gasteiger partial charge in [-0.2, -0.15) is 0 Å². The molecule has 0 saturated carbocycles. The van der Waals surface area contributed by atoms with Crippen LogP contribution in [0, 0.1) is 23.2 Å². The van der Waals surface area contributed by atoms with Crippen LogP contribution in [-0.4, -0.2) is 12.6 Å². The molecule has 2 nitrogen and oxygen atoms in total. The average Bonchev–Trinajstić information content (AvgIpc) is 2.55. The molecule has 1 rings (SSSR count). The molecule has 0 spiro atoms. The first-order chi connectivity index (χ1) is 12.0. The van der Waals surface area contributed by atoms with E-state index in [0.29, 0.717) is 23.3 Å². The van der Waals surface area contributed by atoms with Gasteiger partial charge in [0, 0.05) is 5.41 Å². The number of allylic oxidation sites excluding steroid dienone is 6. The fourth-order valence-electron chi connectivity index (χ4n) is 2.84. The third-order valence-electron chi connectivity index (χ3n) is 4.97. The van der Waals surface area contributed by atoms with Gasteiger partial charge in [-0.25, -0.2) is 0 Å². The lowest BCUT2D eigenvalue weighted by molar-refractivity contribution is -0.121. The molecule has 2 heteroatoms. The van der Waals surface area contributed by atoms with Crippen LogP contribution in [-0.2, 0) is 9.59 Å². The van der Waals surface area contributed by atoms with Crippen molar-refractivity contribution in [1.82, 2.24) is 0 Å². The summed E-state index contributed by atoms with van der Waals surface area (Å²) in [6.45, 7) is 23.6. The fraction of sp³-hybridized carbons (Fsp3) is 0.583. The number of hydrogen-bond acceptors (Lipinski definition) is 2. The normalized spacial score (nSPS) is 21.9. The quantitative estimate of drug-likeness (QED) is 0.235. The van der Waals surface area contributed by atoms with E-state index in [1.54, 1.807) is 0 Å². The molecule has 0 aliphatic heterocycles. The summed E-state index contributed by atoms with van der Waals surface area (Å²) in [4.78, 5) is 21.1. The van der Waals surface area contributed by atoms with Crippen molar-refractivity contribution >= 4 is 12.6 Å². The zero-order valence-corrected chi connectivity index (χ0v) is 18.3. The first-order valence-electron chi connectivity index (χ1n) is 9.54. The van der Waals surface area contributed by atoms with Crippen LogP contribution in [0.5, 0.6) is 0 Å². The van der Waals surface area contributed by atoms with Crippen LogP contribution in [0.4, 0.5) is 0 Å². The van der Waals surface area contributed by atoms with E-state index in [1.807, 2.05) is 39.8 Å². The van der Waals surface area contributed by atoms with Crippen LogP contribution in [0.1, 0.15) is 68.2 Å². The Labute approximate surface area is 162 Å². The van der Waals surface area contributed by atoms with Crippen molar-refractivity contribution in [2.45, 2.75) is 68.2 Å². The van der Waals surface area contributed by atoms with Crippen LogP contribution in [0.2, 0.25) is 0 Å². The van der Waals surface area contributed by atoms with Gasteiger partial charge < -0.3 is 4.79 Å². The predicted octanol–water partition coefficient (Wildman–Crippen LogP) is 6.74. The summed E-state index contributed by atoms with van der Waals surface area (Å²) in [5.41, 5.74) is 3.11. The van der Waals surface area contributed by atoms with Crippen molar-refractivity contribution in [3.8, 4) is 0 Å². The molecule has 0 heterocycles. The van der Waals surface area contributed by atoms with Gasteiger partial charge in [0.25, 0.3) is 0 Å². The number of aldehydes is 2. The summed E-state index contributed by atoms with van der Waals surface area (Å²) in [5, 5.41) is 0. The van der Waals surface area contributed by atoms with Crippen molar-refractivity contribution in [3.63, 3.8) is 0 Å². The SMILES string of the molecule is C=C(C)/C=C/C.C=C(C=O)C(C)C.CC1=CC(C)C(C=O)(C(C)C)CC1. The molecule has 0 saturated heterocycles. The second-order valence-corrected chi connectivity index (χ2v) is 7.88. The summed E-state index contributed by atoms with van der Waals surface area (Å²) in [6, 6.07) is 0. The van der Waals surface area contributed by atoms with Crippen molar-refractivity contribution in [2.24, 2.45) is 23.2 Å². The Bertz CT molecular complexity index is 520. The van der Waals surface area contributed by atoms with Gasteiger partial charge >= 0.3 is 0 Å². The highest BCUT2D eigenvalue weighted by atomic mass is 16.1. The minimum atomic E-state index is -0.0977. The van der Waals surface area contributed by atoms with E-state index in [9.17, 15) is 9.59 Å². The first kappa shape index (κ1) is 26.5. The van der Waals surface area contributed by atoms with E-state index in [4.69, 9.17) is 0 Å². The Hall–Kier alpha value is -1.70. The maximum absolute atomic E-state index is 11.2. The van der Waals surface area contributed by atoms with Gasteiger partial charge in [0.1, 0.15) is 12.6 Å². The van der Waals surface area contributed by atoms with E-state index in [1.165, 1.54) is 11.9 Å². The molecule has 148 valence electrons. The smallest absolute Gasteiger partial charge is 0.145 e.